The Morgan fingerprint density at radius 2 is 2.00 bits per heavy atom. The number of nitrogens with one attached hydrogen (secondary N) is 1. The highest BCUT2D eigenvalue weighted by Gasteiger charge is 2.22. The van der Waals surface area contributed by atoms with Crippen molar-refractivity contribution in [1.29, 1.82) is 0 Å². The lowest BCUT2D eigenvalue weighted by Gasteiger charge is -2.10. The quantitative estimate of drug-likeness (QED) is 0.780. The highest BCUT2D eigenvalue weighted by atomic mass is 32.2. The van der Waals surface area contributed by atoms with Crippen molar-refractivity contribution in [3.05, 3.63) is 34.3 Å². The lowest BCUT2D eigenvalue weighted by Crippen LogP contribution is -2.15. The Morgan fingerprint density at radius 1 is 1.26 bits per heavy atom. The molecule has 122 valence electrons. The zero-order valence-electron chi connectivity index (χ0n) is 13.1. The van der Waals surface area contributed by atoms with Crippen molar-refractivity contribution in [2.24, 2.45) is 0 Å². The van der Waals surface area contributed by atoms with Crippen molar-refractivity contribution in [3.63, 3.8) is 0 Å². The first-order valence-corrected chi connectivity index (χ1v) is 9.12. The van der Waals surface area contributed by atoms with Gasteiger partial charge >= 0.3 is 0 Å². The fraction of sp³-hybridized carbons (Fsp3) is 0.286. The maximum Gasteiger partial charge on any atom is 0.267 e. The van der Waals surface area contributed by atoms with E-state index in [4.69, 9.17) is 4.74 Å². The van der Waals surface area contributed by atoms with Gasteiger partial charge in [0.15, 0.2) is 0 Å². The molecule has 1 aromatic carbocycles. The van der Waals surface area contributed by atoms with Gasteiger partial charge in [-0.15, -0.1) is 5.10 Å². The fourth-order valence-corrected chi connectivity index (χ4v) is 4.25. The van der Waals surface area contributed by atoms with E-state index < -0.39 is 10.0 Å². The zero-order chi connectivity index (χ0) is 16.8. The fourth-order valence-electron chi connectivity index (χ4n) is 2.15. The van der Waals surface area contributed by atoms with Crippen LogP contribution >= 0.6 is 11.3 Å². The molecule has 2 aromatic heterocycles. The van der Waals surface area contributed by atoms with Crippen LogP contribution in [0.25, 0.3) is 4.96 Å². The van der Waals surface area contributed by atoms with Crippen molar-refractivity contribution < 1.29 is 13.2 Å². The van der Waals surface area contributed by atoms with Gasteiger partial charge in [-0.2, -0.15) is 4.98 Å². The van der Waals surface area contributed by atoms with E-state index in [1.807, 2.05) is 20.8 Å². The predicted molar refractivity (Wildman–Crippen MR) is 88.9 cm³/mol. The van der Waals surface area contributed by atoms with Crippen LogP contribution in [0.1, 0.15) is 16.1 Å². The van der Waals surface area contributed by atoms with Gasteiger partial charge in [-0.25, -0.2) is 17.7 Å². The van der Waals surface area contributed by atoms with Gasteiger partial charge in [0.1, 0.15) is 10.6 Å². The van der Waals surface area contributed by atoms with E-state index in [-0.39, 0.29) is 16.6 Å². The van der Waals surface area contributed by atoms with E-state index in [1.165, 1.54) is 18.4 Å². The number of ether oxygens (including phenoxy) is 1. The minimum absolute atomic E-state index is 0.0444. The second kappa shape index (κ2) is 5.50. The number of hydrogen-bond acceptors (Lipinski definition) is 6. The summed E-state index contributed by atoms with van der Waals surface area (Å²) in [6, 6.07) is 4.96. The maximum absolute atomic E-state index is 12.6. The van der Waals surface area contributed by atoms with Gasteiger partial charge in [0.05, 0.1) is 12.8 Å². The van der Waals surface area contributed by atoms with E-state index in [9.17, 15) is 8.42 Å². The number of benzene rings is 1. The maximum atomic E-state index is 12.6. The molecule has 0 aliphatic carbocycles. The highest BCUT2D eigenvalue weighted by molar-refractivity contribution is 7.92. The molecular weight excluding hydrogens is 336 g/mol. The molecule has 0 saturated carbocycles. The molecule has 2 heterocycles. The topological polar surface area (TPSA) is 85.6 Å². The van der Waals surface area contributed by atoms with Crippen molar-refractivity contribution in [1.82, 2.24) is 14.6 Å². The minimum atomic E-state index is -3.84. The summed E-state index contributed by atoms with van der Waals surface area (Å²) in [7, 11) is -2.40. The molecule has 0 unspecified atom stereocenters. The first-order valence-electron chi connectivity index (χ1n) is 6.82. The number of aryl methyl sites for hydroxylation is 3. The average molecular weight is 352 g/mol. The first kappa shape index (κ1) is 15.8. The lowest BCUT2D eigenvalue weighted by atomic mass is 10.2. The largest absolute Gasteiger partial charge is 0.495 e. The number of thiazole rings is 1. The molecule has 9 heteroatoms. The summed E-state index contributed by atoms with van der Waals surface area (Å²) < 4.78 is 34.4. The Labute approximate surface area is 138 Å². The van der Waals surface area contributed by atoms with Crippen molar-refractivity contribution >= 4 is 32.3 Å². The van der Waals surface area contributed by atoms with Gasteiger partial charge in [-0.05, 0) is 38.5 Å². The van der Waals surface area contributed by atoms with Crippen LogP contribution < -0.4 is 9.46 Å². The second-order valence-electron chi connectivity index (χ2n) is 5.13. The number of fused-ring (bicyclic) bond motifs is 1. The summed E-state index contributed by atoms with van der Waals surface area (Å²) in [5.41, 5.74) is 1.76. The molecule has 1 N–H and O–H groups in total. The third-order valence-corrected chi connectivity index (χ3v) is 5.88. The number of nitrogens with zero attached hydrogens (tertiary/aromatic N) is 3. The van der Waals surface area contributed by atoms with Gasteiger partial charge < -0.3 is 4.74 Å². The van der Waals surface area contributed by atoms with Gasteiger partial charge in [0.2, 0.25) is 4.96 Å². The molecule has 0 bridgehead atoms. The number of rotatable bonds is 4. The third kappa shape index (κ3) is 2.77. The molecule has 0 aliphatic heterocycles. The van der Waals surface area contributed by atoms with Crippen LogP contribution in [0.5, 0.6) is 5.75 Å². The summed E-state index contributed by atoms with van der Waals surface area (Å²) in [6.45, 7) is 5.70. The highest BCUT2D eigenvalue weighted by Crippen LogP contribution is 2.27. The monoisotopic (exact) mass is 352 g/mol. The molecule has 0 fully saturated rings. The van der Waals surface area contributed by atoms with Crippen LogP contribution in [-0.2, 0) is 10.0 Å². The SMILES string of the molecule is COc1ccc(C)cc1S(=O)(=O)Nc1nc2sc(C)c(C)n2n1. The summed E-state index contributed by atoms with van der Waals surface area (Å²) >= 11 is 1.46. The van der Waals surface area contributed by atoms with E-state index in [0.29, 0.717) is 4.96 Å². The Bertz CT molecular complexity index is 989. The number of methoxy groups -OCH3 is 1. The zero-order valence-corrected chi connectivity index (χ0v) is 14.7. The predicted octanol–water partition coefficient (Wildman–Crippen LogP) is 2.53. The van der Waals surface area contributed by atoms with Gasteiger partial charge in [0, 0.05) is 4.88 Å². The van der Waals surface area contributed by atoms with Crippen molar-refractivity contribution in [3.8, 4) is 5.75 Å². The minimum Gasteiger partial charge on any atom is -0.495 e. The van der Waals surface area contributed by atoms with Crippen LogP contribution in [0.15, 0.2) is 23.1 Å². The molecule has 0 atom stereocenters. The summed E-state index contributed by atoms with van der Waals surface area (Å²) in [5.74, 6) is 0.319. The lowest BCUT2D eigenvalue weighted by molar-refractivity contribution is 0.402. The second-order valence-corrected chi connectivity index (χ2v) is 7.97. The van der Waals surface area contributed by atoms with Gasteiger partial charge in [0.25, 0.3) is 16.0 Å². The Kier molecular flexibility index (Phi) is 3.77. The third-order valence-electron chi connectivity index (χ3n) is 3.48. The smallest absolute Gasteiger partial charge is 0.267 e. The van der Waals surface area contributed by atoms with Gasteiger partial charge in [-0.1, -0.05) is 17.4 Å². The first-order chi connectivity index (χ1) is 10.8. The summed E-state index contributed by atoms with van der Waals surface area (Å²) in [4.78, 5) is 6.02. The normalized spacial score (nSPS) is 11.8. The molecule has 3 rings (SSSR count). The molecule has 7 nitrogen and oxygen atoms in total. The van der Waals surface area contributed by atoms with Crippen LogP contribution in [-0.4, -0.2) is 30.1 Å². The molecule has 0 spiro atoms. The van der Waals surface area contributed by atoms with Crippen molar-refractivity contribution in [2.75, 3.05) is 11.8 Å². The molecule has 3 aromatic rings. The van der Waals surface area contributed by atoms with Crippen LogP contribution in [0.4, 0.5) is 5.95 Å². The summed E-state index contributed by atoms with van der Waals surface area (Å²) in [5, 5.41) is 4.21. The molecule has 23 heavy (non-hydrogen) atoms. The van der Waals surface area contributed by atoms with E-state index in [0.717, 1.165) is 16.1 Å². The molecule has 0 aliphatic rings. The van der Waals surface area contributed by atoms with E-state index in [2.05, 4.69) is 14.8 Å². The van der Waals surface area contributed by atoms with Crippen molar-refractivity contribution in [2.45, 2.75) is 25.7 Å². The van der Waals surface area contributed by atoms with Crippen LogP contribution in [0.2, 0.25) is 0 Å². The Balaban J connectivity index is 2.01. The molecule has 0 saturated heterocycles. The van der Waals surface area contributed by atoms with Crippen LogP contribution in [0, 0.1) is 20.8 Å². The Morgan fingerprint density at radius 3 is 2.65 bits per heavy atom. The number of hydrogen-bond donors (Lipinski definition) is 1. The van der Waals surface area contributed by atoms with Crippen LogP contribution in [0.3, 0.4) is 0 Å². The number of aromatic nitrogens is 3. The number of sulfonamides is 1. The Hall–Kier alpha value is -2.13. The molecular formula is C14H16N4O3S2. The molecule has 0 radical (unpaired) electrons. The molecule has 0 amide bonds. The van der Waals surface area contributed by atoms with Gasteiger partial charge in [-0.3, -0.25) is 0 Å². The standard InChI is InChI=1S/C14H16N4O3S2/c1-8-5-6-11(21-4)12(7-8)23(19,20)17-13-15-14-18(16-13)9(2)10(3)22-14/h5-7H,1-4H3,(H,16,17). The average Bonchev–Trinajstić information content (AvgIpc) is 2.98. The summed E-state index contributed by atoms with van der Waals surface area (Å²) in [6.07, 6.45) is 0. The van der Waals surface area contributed by atoms with E-state index in [1.54, 1.807) is 22.7 Å². The number of anilines is 1. The van der Waals surface area contributed by atoms with E-state index >= 15 is 0 Å².